The van der Waals surface area contributed by atoms with Crippen molar-refractivity contribution in [2.24, 2.45) is 0 Å². The minimum atomic E-state index is -3.24. The second-order valence-electron chi connectivity index (χ2n) is 3.19. The van der Waals surface area contributed by atoms with Gasteiger partial charge >= 0.3 is 9.05 Å². The second-order valence-corrected chi connectivity index (χ2v) is 6.35. The average Bonchev–Trinajstić information content (AvgIpc) is 2.33. The summed E-state index contributed by atoms with van der Waals surface area (Å²) in [4.78, 5) is 11.5. The van der Waals surface area contributed by atoms with Gasteiger partial charge in [-0.1, -0.05) is 6.92 Å². The molecular formula is C9H20O5SSi. The molecule has 1 unspecified atom stereocenters. The molecule has 0 saturated heterocycles. The second kappa shape index (κ2) is 8.07. The van der Waals surface area contributed by atoms with Gasteiger partial charge in [-0.05, 0) is 12.8 Å². The molecule has 0 aromatic heterocycles. The first-order valence-corrected chi connectivity index (χ1v) is 7.23. The Morgan fingerprint density at radius 2 is 1.75 bits per heavy atom. The minimum absolute atomic E-state index is 0.205. The zero-order valence-corrected chi connectivity index (χ0v) is 12.1. The molecular weight excluding hydrogens is 248 g/mol. The van der Waals surface area contributed by atoms with E-state index >= 15 is 0 Å². The summed E-state index contributed by atoms with van der Waals surface area (Å²) in [6.07, 6.45) is 1.87. The lowest BCUT2D eigenvalue weighted by molar-refractivity contribution is -0.142. The Labute approximate surface area is 103 Å². The summed E-state index contributed by atoms with van der Waals surface area (Å²) in [6, 6.07) is 0. The lowest BCUT2D eigenvalue weighted by Crippen LogP contribution is -2.48. The largest absolute Gasteiger partial charge is 0.750 e. The summed E-state index contributed by atoms with van der Waals surface area (Å²) in [5.41, 5.74) is 0. The number of carbonyl (C=O) groups excluding carboxylic acids is 1. The Kier molecular flexibility index (Phi) is 8.03. The molecule has 0 aliphatic rings. The van der Waals surface area contributed by atoms with E-state index in [0.717, 1.165) is 6.42 Å². The topological polar surface area (TPSA) is 54.0 Å². The van der Waals surface area contributed by atoms with Gasteiger partial charge in [0.05, 0.1) is 0 Å². The van der Waals surface area contributed by atoms with Crippen LogP contribution >= 0.6 is 12.6 Å². The highest BCUT2D eigenvalue weighted by Gasteiger charge is 2.46. The van der Waals surface area contributed by atoms with Gasteiger partial charge in [-0.25, -0.2) is 0 Å². The number of thiol groups is 1. The molecule has 7 heteroatoms. The summed E-state index contributed by atoms with van der Waals surface area (Å²) < 4.78 is 20.0. The van der Waals surface area contributed by atoms with E-state index in [-0.39, 0.29) is 17.6 Å². The third-order valence-electron chi connectivity index (χ3n) is 2.14. The standard InChI is InChI=1S/C9H20O5SSi/c1-5-8(15)6-7-9(10)14-16(11-2,12-3)13-4/h8,15H,5-7H2,1-4H3. The summed E-state index contributed by atoms with van der Waals surface area (Å²) >= 11 is 4.29. The maximum atomic E-state index is 11.5. The minimum Gasteiger partial charge on any atom is -0.452 e. The molecule has 0 bridgehead atoms. The molecule has 0 aromatic rings. The molecule has 0 rings (SSSR count). The van der Waals surface area contributed by atoms with Gasteiger partial charge in [-0.15, -0.1) is 0 Å². The molecule has 0 N–H and O–H groups in total. The predicted octanol–water partition coefficient (Wildman–Crippen LogP) is 1.39. The maximum absolute atomic E-state index is 11.5. The smallest absolute Gasteiger partial charge is 0.452 e. The molecule has 1 atom stereocenters. The van der Waals surface area contributed by atoms with Gasteiger partial charge < -0.3 is 17.7 Å². The summed E-state index contributed by atoms with van der Waals surface area (Å²) in [6.45, 7) is 2.02. The van der Waals surface area contributed by atoms with Crippen molar-refractivity contribution in [2.45, 2.75) is 31.4 Å². The van der Waals surface area contributed by atoms with Gasteiger partial charge in [0, 0.05) is 33.0 Å². The number of hydrogen-bond donors (Lipinski definition) is 1. The Hall–Kier alpha value is -0.0831. The van der Waals surface area contributed by atoms with E-state index in [1.165, 1.54) is 21.3 Å². The molecule has 0 aliphatic heterocycles. The van der Waals surface area contributed by atoms with E-state index in [1.807, 2.05) is 6.92 Å². The van der Waals surface area contributed by atoms with Crippen LogP contribution in [0.25, 0.3) is 0 Å². The van der Waals surface area contributed by atoms with Crippen molar-refractivity contribution >= 4 is 27.6 Å². The van der Waals surface area contributed by atoms with E-state index in [9.17, 15) is 4.79 Å². The van der Waals surface area contributed by atoms with E-state index in [4.69, 9.17) is 17.7 Å². The Balaban J connectivity index is 4.10. The van der Waals surface area contributed by atoms with E-state index in [0.29, 0.717) is 6.42 Å². The van der Waals surface area contributed by atoms with E-state index < -0.39 is 9.05 Å². The van der Waals surface area contributed by atoms with Crippen molar-refractivity contribution in [3.8, 4) is 0 Å². The van der Waals surface area contributed by atoms with Crippen molar-refractivity contribution in [1.82, 2.24) is 0 Å². The van der Waals surface area contributed by atoms with Gasteiger partial charge in [-0.3, -0.25) is 4.79 Å². The van der Waals surface area contributed by atoms with Gasteiger partial charge in [-0.2, -0.15) is 12.6 Å². The highest BCUT2D eigenvalue weighted by Crippen LogP contribution is 2.13. The Morgan fingerprint density at radius 3 is 2.12 bits per heavy atom. The fourth-order valence-electron chi connectivity index (χ4n) is 1.05. The van der Waals surface area contributed by atoms with Crippen molar-refractivity contribution < 1.29 is 22.5 Å². The van der Waals surface area contributed by atoms with Crippen LogP contribution < -0.4 is 0 Å². The zero-order chi connectivity index (χ0) is 12.6. The number of carbonyl (C=O) groups is 1. The fourth-order valence-corrected chi connectivity index (χ4v) is 2.31. The quantitative estimate of drug-likeness (QED) is 0.532. The fraction of sp³-hybridized carbons (Fsp3) is 0.889. The number of rotatable bonds is 8. The lowest BCUT2D eigenvalue weighted by Gasteiger charge is -2.22. The normalized spacial score (nSPS) is 13.6. The molecule has 0 saturated carbocycles. The summed E-state index contributed by atoms with van der Waals surface area (Å²) in [5, 5.41) is 0.205. The number of hydrogen-bond acceptors (Lipinski definition) is 6. The Bertz CT molecular complexity index is 202. The summed E-state index contributed by atoms with van der Waals surface area (Å²) in [7, 11) is 0.929. The molecule has 96 valence electrons. The van der Waals surface area contributed by atoms with Gasteiger partial charge in [0.2, 0.25) is 0 Å². The van der Waals surface area contributed by atoms with Crippen molar-refractivity contribution in [1.29, 1.82) is 0 Å². The van der Waals surface area contributed by atoms with E-state index in [1.54, 1.807) is 0 Å². The first kappa shape index (κ1) is 15.9. The molecule has 0 heterocycles. The van der Waals surface area contributed by atoms with Gasteiger partial charge in [0.15, 0.2) is 0 Å². The van der Waals surface area contributed by atoms with Gasteiger partial charge in [0.1, 0.15) is 0 Å². The van der Waals surface area contributed by atoms with Crippen LogP contribution in [0.3, 0.4) is 0 Å². The van der Waals surface area contributed by atoms with Crippen LogP contribution in [0, 0.1) is 0 Å². The summed E-state index contributed by atoms with van der Waals surface area (Å²) in [5.74, 6) is -0.385. The monoisotopic (exact) mass is 268 g/mol. The molecule has 0 spiro atoms. The third-order valence-corrected chi connectivity index (χ3v) is 4.74. The van der Waals surface area contributed by atoms with Crippen LogP contribution in [0.4, 0.5) is 0 Å². The lowest BCUT2D eigenvalue weighted by atomic mass is 10.2. The molecule has 0 aromatic carbocycles. The van der Waals surface area contributed by atoms with Crippen molar-refractivity contribution in [2.75, 3.05) is 21.3 Å². The molecule has 0 fully saturated rings. The average molecular weight is 268 g/mol. The molecule has 16 heavy (non-hydrogen) atoms. The highest BCUT2D eigenvalue weighted by atomic mass is 32.1. The first-order chi connectivity index (χ1) is 7.53. The maximum Gasteiger partial charge on any atom is 0.750 e. The SMILES string of the molecule is CCC(S)CCC(=O)O[Si](OC)(OC)OC. The molecule has 0 amide bonds. The Morgan fingerprint density at radius 1 is 1.25 bits per heavy atom. The van der Waals surface area contributed by atoms with Crippen molar-refractivity contribution in [3.63, 3.8) is 0 Å². The highest BCUT2D eigenvalue weighted by molar-refractivity contribution is 7.80. The van der Waals surface area contributed by atoms with E-state index in [2.05, 4.69) is 12.6 Å². The van der Waals surface area contributed by atoms with Crippen LogP contribution in [0.2, 0.25) is 0 Å². The van der Waals surface area contributed by atoms with Crippen LogP contribution in [0.1, 0.15) is 26.2 Å². The third kappa shape index (κ3) is 5.31. The molecule has 0 radical (unpaired) electrons. The van der Waals surface area contributed by atoms with Crippen LogP contribution in [0.5, 0.6) is 0 Å². The first-order valence-electron chi connectivity index (χ1n) is 5.08. The zero-order valence-electron chi connectivity index (χ0n) is 10.2. The molecule has 5 nitrogen and oxygen atoms in total. The predicted molar refractivity (Wildman–Crippen MR) is 65.2 cm³/mol. The van der Waals surface area contributed by atoms with Gasteiger partial charge in [0.25, 0.3) is 5.97 Å². The van der Waals surface area contributed by atoms with Crippen LogP contribution in [0.15, 0.2) is 0 Å². The van der Waals surface area contributed by atoms with Crippen LogP contribution in [-0.2, 0) is 22.5 Å². The molecule has 0 aliphatic carbocycles. The van der Waals surface area contributed by atoms with Crippen LogP contribution in [-0.4, -0.2) is 41.6 Å². The van der Waals surface area contributed by atoms with Crippen molar-refractivity contribution in [3.05, 3.63) is 0 Å².